The monoisotopic (exact) mass is 424 g/mol. The van der Waals surface area contributed by atoms with Gasteiger partial charge in [-0.1, -0.05) is 35.4 Å². The van der Waals surface area contributed by atoms with Gasteiger partial charge in [0.2, 0.25) is 5.91 Å². The number of anilines is 1. The number of rotatable bonds is 9. The molecule has 2 aromatic rings. The topological polar surface area (TPSA) is 75.7 Å². The third-order valence-corrected chi connectivity index (χ3v) is 6.43. The minimum atomic E-state index is -3.95. The first kappa shape index (κ1) is 22.2. The average Bonchev–Trinajstić information content (AvgIpc) is 2.66. The van der Waals surface area contributed by atoms with E-state index in [4.69, 9.17) is 16.3 Å². The van der Waals surface area contributed by atoms with Crippen LogP contribution in [-0.4, -0.2) is 41.1 Å². The van der Waals surface area contributed by atoms with E-state index in [1.54, 1.807) is 44.4 Å². The molecule has 28 heavy (non-hydrogen) atoms. The largest absolute Gasteiger partial charge is 0.385 e. The van der Waals surface area contributed by atoms with Crippen LogP contribution in [0.4, 0.5) is 5.69 Å². The second-order valence-corrected chi connectivity index (χ2v) is 8.67. The van der Waals surface area contributed by atoms with Gasteiger partial charge in [-0.05, 0) is 50.1 Å². The number of nitrogens with zero attached hydrogens (tertiary/aromatic N) is 1. The Kier molecular flexibility index (Phi) is 7.86. The number of carbonyl (C=O) groups is 1. The number of hydrogen-bond acceptors (Lipinski definition) is 4. The quantitative estimate of drug-likeness (QED) is 0.626. The minimum Gasteiger partial charge on any atom is -0.385 e. The number of sulfonamides is 1. The normalized spacial score (nSPS) is 11.3. The van der Waals surface area contributed by atoms with E-state index >= 15 is 0 Å². The van der Waals surface area contributed by atoms with Gasteiger partial charge in [-0.15, -0.1) is 0 Å². The molecule has 8 heteroatoms. The standard InChI is InChI=1S/C20H25ClN2O4S/c1-15-8-10-17(11-9-15)28(25,26)23(14-20(24)22-12-5-13-27-3)19-7-4-6-18(21)16(19)2/h4,6-11H,5,12-14H2,1-3H3,(H,22,24). The van der Waals surface area contributed by atoms with Crippen LogP contribution in [0.2, 0.25) is 5.02 Å². The lowest BCUT2D eigenvalue weighted by Crippen LogP contribution is -2.41. The molecule has 0 unspecified atom stereocenters. The Labute approximate surface area is 171 Å². The van der Waals surface area contributed by atoms with Crippen molar-refractivity contribution in [2.24, 2.45) is 0 Å². The summed E-state index contributed by atoms with van der Waals surface area (Å²) in [6, 6.07) is 11.5. The summed E-state index contributed by atoms with van der Waals surface area (Å²) in [7, 11) is -2.37. The lowest BCUT2D eigenvalue weighted by atomic mass is 10.2. The smallest absolute Gasteiger partial charge is 0.264 e. The van der Waals surface area contributed by atoms with Gasteiger partial charge in [0.1, 0.15) is 6.54 Å². The molecule has 0 atom stereocenters. The van der Waals surface area contributed by atoms with Crippen LogP contribution in [0, 0.1) is 13.8 Å². The molecule has 0 heterocycles. The summed E-state index contributed by atoms with van der Waals surface area (Å²) in [5.74, 6) is -0.397. The van der Waals surface area contributed by atoms with Gasteiger partial charge in [0.25, 0.3) is 10.0 Å². The number of nitrogens with one attached hydrogen (secondary N) is 1. The Hall–Kier alpha value is -2.09. The van der Waals surface area contributed by atoms with Gasteiger partial charge < -0.3 is 10.1 Å². The fourth-order valence-electron chi connectivity index (χ4n) is 2.63. The van der Waals surface area contributed by atoms with Crippen molar-refractivity contribution in [1.29, 1.82) is 0 Å². The zero-order valence-electron chi connectivity index (χ0n) is 16.2. The third-order valence-electron chi connectivity index (χ3n) is 4.25. The lowest BCUT2D eigenvalue weighted by Gasteiger charge is -2.26. The van der Waals surface area contributed by atoms with Gasteiger partial charge in [-0.2, -0.15) is 0 Å². The number of benzene rings is 2. The van der Waals surface area contributed by atoms with E-state index in [1.807, 2.05) is 6.92 Å². The Bertz CT molecular complexity index is 914. The van der Waals surface area contributed by atoms with Crippen LogP contribution in [0.25, 0.3) is 0 Å². The Morgan fingerprint density at radius 1 is 1.14 bits per heavy atom. The van der Waals surface area contributed by atoms with Crippen LogP contribution in [-0.2, 0) is 19.6 Å². The van der Waals surface area contributed by atoms with E-state index in [0.29, 0.717) is 35.8 Å². The number of aryl methyl sites for hydroxylation is 1. The average molecular weight is 425 g/mol. The zero-order valence-corrected chi connectivity index (χ0v) is 17.8. The van der Waals surface area contributed by atoms with Gasteiger partial charge >= 0.3 is 0 Å². The fourth-order valence-corrected chi connectivity index (χ4v) is 4.28. The molecular weight excluding hydrogens is 400 g/mol. The second-order valence-electron chi connectivity index (χ2n) is 6.41. The summed E-state index contributed by atoms with van der Waals surface area (Å²) in [5, 5.41) is 3.16. The van der Waals surface area contributed by atoms with Crippen molar-refractivity contribution in [2.45, 2.75) is 25.2 Å². The molecule has 0 radical (unpaired) electrons. The first-order valence-corrected chi connectivity index (χ1v) is 10.7. The third kappa shape index (κ3) is 5.47. The van der Waals surface area contributed by atoms with Crippen molar-refractivity contribution in [3.63, 3.8) is 0 Å². The molecule has 2 aromatic carbocycles. The molecule has 0 aliphatic heterocycles. The highest BCUT2D eigenvalue weighted by atomic mass is 35.5. The highest BCUT2D eigenvalue weighted by Crippen LogP contribution is 2.30. The van der Waals surface area contributed by atoms with Gasteiger partial charge in [-0.25, -0.2) is 8.42 Å². The summed E-state index contributed by atoms with van der Waals surface area (Å²) in [6.07, 6.45) is 0.642. The van der Waals surface area contributed by atoms with Crippen molar-refractivity contribution < 1.29 is 17.9 Å². The summed E-state index contributed by atoms with van der Waals surface area (Å²) in [5.41, 5.74) is 1.91. The molecule has 2 rings (SSSR count). The maximum Gasteiger partial charge on any atom is 0.264 e. The molecule has 0 saturated heterocycles. The van der Waals surface area contributed by atoms with Crippen molar-refractivity contribution in [3.8, 4) is 0 Å². The van der Waals surface area contributed by atoms with E-state index < -0.39 is 15.9 Å². The summed E-state index contributed by atoms with van der Waals surface area (Å²) < 4.78 is 32.7. The maximum absolute atomic E-state index is 13.3. The van der Waals surface area contributed by atoms with E-state index in [0.717, 1.165) is 9.87 Å². The molecule has 1 N–H and O–H groups in total. The first-order valence-electron chi connectivity index (χ1n) is 8.87. The Balaban J connectivity index is 2.37. The zero-order chi connectivity index (χ0) is 20.7. The molecule has 6 nitrogen and oxygen atoms in total. The molecule has 0 saturated carbocycles. The molecule has 0 aliphatic rings. The number of amides is 1. The predicted octanol–water partition coefficient (Wildman–Crippen LogP) is 3.30. The summed E-state index contributed by atoms with van der Waals surface area (Å²) >= 11 is 6.19. The van der Waals surface area contributed by atoms with Crippen LogP contribution < -0.4 is 9.62 Å². The predicted molar refractivity (Wildman–Crippen MR) is 111 cm³/mol. The second kappa shape index (κ2) is 9.91. The molecule has 0 bridgehead atoms. The number of hydrogen-bond donors (Lipinski definition) is 1. The van der Waals surface area contributed by atoms with Gasteiger partial charge in [0.05, 0.1) is 10.6 Å². The van der Waals surface area contributed by atoms with Crippen molar-refractivity contribution >= 4 is 33.2 Å². The fraction of sp³-hybridized carbons (Fsp3) is 0.350. The van der Waals surface area contributed by atoms with Crippen LogP contribution in [0.15, 0.2) is 47.4 Å². The maximum atomic E-state index is 13.3. The van der Waals surface area contributed by atoms with Gasteiger partial charge in [0, 0.05) is 25.3 Å². The molecule has 152 valence electrons. The number of ether oxygens (including phenoxy) is 1. The molecule has 0 spiro atoms. The highest BCUT2D eigenvalue weighted by molar-refractivity contribution is 7.92. The van der Waals surface area contributed by atoms with Gasteiger partial charge in [0.15, 0.2) is 0 Å². The lowest BCUT2D eigenvalue weighted by molar-refractivity contribution is -0.119. The minimum absolute atomic E-state index is 0.115. The summed E-state index contributed by atoms with van der Waals surface area (Å²) in [6.45, 7) is 4.18. The van der Waals surface area contributed by atoms with Crippen LogP contribution in [0.5, 0.6) is 0 Å². The Morgan fingerprint density at radius 2 is 1.82 bits per heavy atom. The molecule has 0 aromatic heterocycles. The molecule has 0 aliphatic carbocycles. The van der Waals surface area contributed by atoms with Crippen LogP contribution in [0.1, 0.15) is 17.5 Å². The van der Waals surface area contributed by atoms with Crippen molar-refractivity contribution in [3.05, 3.63) is 58.6 Å². The van der Waals surface area contributed by atoms with Crippen LogP contribution in [0.3, 0.4) is 0 Å². The number of halogens is 1. The van der Waals surface area contributed by atoms with E-state index in [9.17, 15) is 13.2 Å². The Morgan fingerprint density at radius 3 is 2.46 bits per heavy atom. The summed E-state index contributed by atoms with van der Waals surface area (Å²) in [4.78, 5) is 12.5. The van der Waals surface area contributed by atoms with E-state index in [-0.39, 0.29) is 11.4 Å². The van der Waals surface area contributed by atoms with Crippen molar-refractivity contribution in [1.82, 2.24) is 5.32 Å². The molecular formula is C20H25ClN2O4S. The van der Waals surface area contributed by atoms with E-state index in [1.165, 1.54) is 12.1 Å². The highest BCUT2D eigenvalue weighted by Gasteiger charge is 2.28. The number of methoxy groups -OCH3 is 1. The SMILES string of the molecule is COCCCNC(=O)CN(c1cccc(Cl)c1C)S(=O)(=O)c1ccc(C)cc1. The molecule has 1 amide bonds. The van der Waals surface area contributed by atoms with Gasteiger partial charge in [-0.3, -0.25) is 9.10 Å². The first-order chi connectivity index (χ1) is 13.3. The van der Waals surface area contributed by atoms with Crippen molar-refractivity contribution in [2.75, 3.05) is 31.1 Å². The van der Waals surface area contributed by atoms with Crippen LogP contribution >= 0.6 is 11.6 Å². The van der Waals surface area contributed by atoms with E-state index in [2.05, 4.69) is 5.32 Å². The molecule has 0 fully saturated rings. The number of carbonyl (C=O) groups excluding carboxylic acids is 1.